The minimum absolute atomic E-state index is 0.0690. The van der Waals surface area contributed by atoms with Gasteiger partial charge in [0.2, 0.25) is 0 Å². The molecule has 0 unspecified atom stereocenters. The third kappa shape index (κ3) is 4.72. The van der Waals surface area contributed by atoms with Gasteiger partial charge in [-0.05, 0) is 55.8 Å². The molecule has 4 aliphatic rings. The van der Waals surface area contributed by atoms with Crippen molar-refractivity contribution in [3.05, 3.63) is 47.7 Å². The van der Waals surface area contributed by atoms with E-state index >= 15 is 8.78 Å². The van der Waals surface area contributed by atoms with Crippen molar-refractivity contribution >= 4 is 33.2 Å². The van der Waals surface area contributed by atoms with Crippen molar-refractivity contribution in [1.29, 1.82) is 5.26 Å². The number of nitrogens with two attached hydrogens (primary N) is 1. The van der Waals surface area contributed by atoms with Gasteiger partial charge in [0, 0.05) is 54.2 Å². The highest BCUT2D eigenvalue weighted by molar-refractivity contribution is 6.03. The molecule has 8 nitrogen and oxygen atoms in total. The van der Waals surface area contributed by atoms with E-state index < -0.39 is 54.0 Å². The number of halogens is 4. The zero-order valence-corrected chi connectivity index (χ0v) is 25.2. The number of anilines is 2. The van der Waals surface area contributed by atoms with Gasteiger partial charge in [-0.25, -0.2) is 17.6 Å². The van der Waals surface area contributed by atoms with E-state index in [4.69, 9.17) is 19.6 Å². The maximum Gasteiger partial charge on any atom is 0.319 e. The summed E-state index contributed by atoms with van der Waals surface area (Å²) in [5.74, 6) is -0.0694. The first-order valence-electron chi connectivity index (χ1n) is 16.7. The lowest BCUT2D eigenvalue weighted by Gasteiger charge is -2.31. The number of benzene rings is 2. The topological polar surface area (TPSA) is 104 Å². The van der Waals surface area contributed by atoms with Crippen LogP contribution >= 0.6 is 0 Å². The molecule has 6 atom stereocenters. The molecule has 8 rings (SSSR count). The van der Waals surface area contributed by atoms with Gasteiger partial charge in [-0.15, -0.1) is 6.42 Å². The van der Waals surface area contributed by atoms with Crippen LogP contribution in [0.15, 0.2) is 30.5 Å². The van der Waals surface area contributed by atoms with Crippen LogP contribution in [0.4, 0.5) is 29.1 Å². The molecule has 12 heteroatoms. The molecule has 4 fully saturated rings. The Bertz CT molecular complexity index is 2120. The molecular formula is C35H31F4N7O. The van der Waals surface area contributed by atoms with Crippen LogP contribution < -0.4 is 15.4 Å². The van der Waals surface area contributed by atoms with Crippen LogP contribution in [0, 0.1) is 47.1 Å². The lowest BCUT2D eigenvalue weighted by Crippen LogP contribution is -2.43. The maximum absolute atomic E-state index is 17.0. The Balaban J connectivity index is 1.32. The molecular weight excluding hydrogens is 610 g/mol. The number of alkyl halides is 2. The lowest BCUT2D eigenvalue weighted by atomic mass is 9.95. The number of nitrogen functional groups attached to an aromatic ring is 1. The van der Waals surface area contributed by atoms with Gasteiger partial charge in [-0.2, -0.15) is 15.2 Å². The Morgan fingerprint density at radius 2 is 2.06 bits per heavy atom. The Morgan fingerprint density at radius 1 is 1.21 bits per heavy atom. The van der Waals surface area contributed by atoms with Crippen molar-refractivity contribution in [3.8, 4) is 35.7 Å². The highest BCUT2D eigenvalue weighted by Crippen LogP contribution is 2.49. The standard InChI is InChI=1S/C35H31F4N7O/c1-2-22-26(37)5-4-19-11-21(41)12-23(27(19)22)30-29(39)31-25(15-42-30)33(46-9-6-18(14-40)10-24-28(38)32(24)46)44-34(43-31)47-17-35-7-3-8-45(35)16-20(36)13-35/h1,4-5,11-12,15,18,20,24,28,32H,3,6-10,13,16-17,41H2/t18-,20+,24-,28+,32-,35-/m0/s1/i17D2. The summed E-state index contributed by atoms with van der Waals surface area (Å²) in [4.78, 5) is 16.7. The number of nitrogens with zero attached hydrogens (tertiary/aromatic N) is 6. The molecule has 47 heavy (non-hydrogen) atoms. The number of fused-ring (bicyclic) bond motifs is 4. The molecule has 0 spiro atoms. The number of hydrogen-bond acceptors (Lipinski definition) is 8. The molecule has 0 radical (unpaired) electrons. The molecule has 0 bridgehead atoms. The number of nitriles is 1. The van der Waals surface area contributed by atoms with E-state index in [2.05, 4.69) is 26.9 Å². The van der Waals surface area contributed by atoms with Crippen LogP contribution in [-0.2, 0) is 0 Å². The van der Waals surface area contributed by atoms with E-state index in [1.807, 2.05) is 0 Å². The molecule has 5 heterocycles. The van der Waals surface area contributed by atoms with E-state index in [0.717, 1.165) is 0 Å². The third-order valence-electron chi connectivity index (χ3n) is 10.2. The zero-order chi connectivity index (χ0) is 34.4. The van der Waals surface area contributed by atoms with Gasteiger partial charge < -0.3 is 15.4 Å². The van der Waals surface area contributed by atoms with Gasteiger partial charge in [0.05, 0.1) is 31.3 Å². The Morgan fingerprint density at radius 3 is 2.87 bits per heavy atom. The maximum atomic E-state index is 17.0. The first-order chi connectivity index (χ1) is 23.5. The van der Waals surface area contributed by atoms with E-state index in [1.54, 1.807) is 15.9 Å². The van der Waals surface area contributed by atoms with Crippen LogP contribution in [0.5, 0.6) is 6.01 Å². The number of ether oxygens (including phenoxy) is 1. The van der Waals surface area contributed by atoms with Crippen LogP contribution in [0.2, 0.25) is 0 Å². The van der Waals surface area contributed by atoms with Crippen molar-refractivity contribution in [1.82, 2.24) is 19.9 Å². The van der Waals surface area contributed by atoms with Gasteiger partial charge in [-0.3, -0.25) is 9.88 Å². The molecule has 3 aliphatic heterocycles. The number of rotatable bonds is 5. The fraction of sp³-hybridized carbons (Fsp3) is 0.429. The first-order valence-corrected chi connectivity index (χ1v) is 15.7. The number of hydrogen-bond donors (Lipinski definition) is 1. The Hall–Kier alpha value is -4.68. The minimum Gasteiger partial charge on any atom is -0.461 e. The van der Waals surface area contributed by atoms with Gasteiger partial charge in [0.25, 0.3) is 0 Å². The smallest absolute Gasteiger partial charge is 0.319 e. The second-order valence-electron chi connectivity index (χ2n) is 13.0. The fourth-order valence-electron chi connectivity index (χ4n) is 7.91. The molecule has 2 aromatic carbocycles. The number of aromatic nitrogens is 3. The summed E-state index contributed by atoms with van der Waals surface area (Å²) in [7, 11) is 0. The predicted molar refractivity (Wildman–Crippen MR) is 169 cm³/mol. The van der Waals surface area contributed by atoms with Gasteiger partial charge in [0.15, 0.2) is 5.82 Å². The van der Waals surface area contributed by atoms with Gasteiger partial charge in [0.1, 0.15) is 41.7 Å². The molecule has 0 amide bonds. The summed E-state index contributed by atoms with van der Waals surface area (Å²) >= 11 is 0. The first kappa shape index (κ1) is 27.4. The average molecular weight is 644 g/mol. The second-order valence-corrected chi connectivity index (χ2v) is 13.0. The zero-order valence-electron chi connectivity index (χ0n) is 27.2. The molecule has 240 valence electrons. The second kappa shape index (κ2) is 11.0. The summed E-state index contributed by atoms with van der Waals surface area (Å²) in [5.41, 5.74) is 4.58. The third-order valence-corrected chi connectivity index (χ3v) is 10.2. The lowest BCUT2D eigenvalue weighted by molar-refractivity contribution is 0.107. The highest BCUT2D eigenvalue weighted by Gasteiger charge is 2.57. The van der Waals surface area contributed by atoms with Crippen molar-refractivity contribution in [2.75, 3.05) is 36.8 Å². The molecule has 1 saturated carbocycles. The van der Waals surface area contributed by atoms with Crippen molar-refractivity contribution in [3.63, 3.8) is 0 Å². The number of pyridine rings is 1. The predicted octanol–water partition coefficient (Wildman–Crippen LogP) is 5.72. The van der Waals surface area contributed by atoms with E-state index in [0.29, 0.717) is 37.6 Å². The van der Waals surface area contributed by atoms with Crippen molar-refractivity contribution < 1.29 is 25.0 Å². The molecule has 2 aromatic heterocycles. The average Bonchev–Trinajstić information content (AvgIpc) is 3.37. The quantitative estimate of drug-likeness (QED) is 0.167. The molecule has 2 N–H and O–H groups in total. The molecule has 4 aromatic rings. The van der Waals surface area contributed by atoms with Crippen molar-refractivity contribution in [2.45, 2.75) is 56.0 Å². The van der Waals surface area contributed by atoms with Crippen LogP contribution in [0.25, 0.3) is 32.9 Å². The highest BCUT2D eigenvalue weighted by atomic mass is 19.1. The SMILES string of the molecule is [2H]C([2H])(Oc1nc(N2CC[C@H](C#N)C[C@H]3[C@@H](F)[C@H]32)c2cnc(-c3cc(N)cc4ccc(F)c(C#C)c34)c(F)c2n1)[C@@]12CCCN1C[C@H](F)C2. The van der Waals surface area contributed by atoms with E-state index in [1.165, 1.54) is 24.4 Å². The van der Waals surface area contributed by atoms with Crippen LogP contribution in [0.3, 0.4) is 0 Å². The van der Waals surface area contributed by atoms with Crippen molar-refractivity contribution in [2.24, 2.45) is 11.8 Å². The van der Waals surface area contributed by atoms with E-state index in [9.17, 15) is 14.0 Å². The van der Waals surface area contributed by atoms with Gasteiger partial charge >= 0.3 is 6.01 Å². The van der Waals surface area contributed by atoms with Gasteiger partial charge in [-0.1, -0.05) is 12.0 Å². The van der Waals surface area contributed by atoms with E-state index in [-0.39, 0.29) is 70.0 Å². The normalized spacial score (nSPS) is 29.4. The minimum atomic E-state index is -2.49. The fourth-order valence-corrected chi connectivity index (χ4v) is 7.91. The summed E-state index contributed by atoms with van der Waals surface area (Å²) in [6.45, 7) is -1.70. The summed E-state index contributed by atoms with van der Waals surface area (Å²) in [6, 6.07) is 6.75. The monoisotopic (exact) mass is 643 g/mol. The van der Waals surface area contributed by atoms with Crippen LogP contribution in [0.1, 0.15) is 40.4 Å². The molecule has 1 aliphatic carbocycles. The Kier molecular flexibility index (Phi) is 6.39. The number of terminal acetylenes is 1. The largest absolute Gasteiger partial charge is 0.461 e. The van der Waals surface area contributed by atoms with Crippen LogP contribution in [-0.4, -0.2) is 70.0 Å². The summed E-state index contributed by atoms with van der Waals surface area (Å²) < 4.78 is 85.8. The Labute approximate surface area is 271 Å². The summed E-state index contributed by atoms with van der Waals surface area (Å²) in [5, 5.41) is 10.4. The molecule has 3 saturated heterocycles. The summed E-state index contributed by atoms with van der Waals surface area (Å²) in [6.07, 6.45) is 6.16.